The summed E-state index contributed by atoms with van der Waals surface area (Å²) in [5, 5.41) is 20.3. The number of carboxylic acids is 1. The largest absolute Gasteiger partial charge is 0.478 e. The monoisotopic (exact) mass is 456 g/mol. The van der Waals surface area contributed by atoms with E-state index in [1.807, 2.05) is 26.0 Å². The van der Waals surface area contributed by atoms with Crippen molar-refractivity contribution in [3.63, 3.8) is 0 Å². The summed E-state index contributed by atoms with van der Waals surface area (Å²) in [5.74, 6) is -1.11. The van der Waals surface area contributed by atoms with E-state index in [9.17, 15) is 14.7 Å². The molecule has 0 saturated heterocycles. The molecule has 1 aromatic heterocycles. The zero-order chi connectivity index (χ0) is 23.1. The Bertz CT molecular complexity index is 937. The van der Waals surface area contributed by atoms with E-state index in [0.717, 1.165) is 24.0 Å². The van der Waals surface area contributed by atoms with Gasteiger partial charge in [0.15, 0.2) is 0 Å². The highest BCUT2D eigenvalue weighted by Gasteiger charge is 2.37. The smallest absolute Gasteiger partial charge is 0.331 e. The molecule has 1 amide bonds. The Labute approximate surface area is 193 Å². The van der Waals surface area contributed by atoms with Crippen LogP contribution in [-0.4, -0.2) is 41.3 Å². The van der Waals surface area contributed by atoms with Crippen LogP contribution in [0.1, 0.15) is 45.6 Å². The van der Waals surface area contributed by atoms with Crippen LogP contribution in [0.4, 0.5) is 0 Å². The minimum atomic E-state index is -0.948. The maximum Gasteiger partial charge on any atom is 0.331 e. The first-order chi connectivity index (χ1) is 15.4. The molecule has 1 aliphatic carbocycles. The van der Waals surface area contributed by atoms with Crippen LogP contribution < -0.4 is 10.6 Å². The van der Waals surface area contributed by atoms with Crippen LogP contribution in [0.15, 0.2) is 52.7 Å². The number of carbonyl (C=O) groups excluding carboxylic acids is 1. The van der Waals surface area contributed by atoms with E-state index in [1.54, 1.807) is 17.4 Å². The van der Waals surface area contributed by atoms with Crippen LogP contribution in [0.2, 0.25) is 0 Å². The predicted octanol–water partition coefficient (Wildman–Crippen LogP) is 4.37. The Kier molecular flexibility index (Phi) is 8.61. The third kappa shape index (κ3) is 6.28. The van der Waals surface area contributed by atoms with Crippen LogP contribution in [0.3, 0.4) is 0 Å². The van der Waals surface area contributed by atoms with Gasteiger partial charge >= 0.3 is 5.97 Å². The van der Waals surface area contributed by atoms with Crippen molar-refractivity contribution >= 4 is 23.2 Å². The van der Waals surface area contributed by atoms with Crippen LogP contribution >= 0.6 is 11.3 Å². The summed E-state index contributed by atoms with van der Waals surface area (Å²) in [5.41, 5.74) is 3.74. The average Bonchev–Trinajstić information content (AvgIpc) is 3.32. The van der Waals surface area contributed by atoms with Crippen molar-refractivity contribution in [3.05, 3.63) is 58.3 Å². The fourth-order valence-corrected chi connectivity index (χ4v) is 4.77. The highest BCUT2D eigenvalue weighted by atomic mass is 32.1. The van der Waals surface area contributed by atoms with E-state index in [0.29, 0.717) is 18.5 Å². The molecule has 3 N–H and O–H groups in total. The SMILES string of the molecule is CCC(CC)O[C@@H]1C=C(C(=O)O)C[C@H](NCc2cccc(-c3ccsc3)c2)[C@H]1NC(C)=O. The number of hydrogen-bond donors (Lipinski definition) is 3. The minimum Gasteiger partial charge on any atom is -0.478 e. The lowest BCUT2D eigenvalue weighted by atomic mass is 9.87. The van der Waals surface area contributed by atoms with E-state index in [1.165, 1.54) is 12.5 Å². The van der Waals surface area contributed by atoms with Gasteiger partial charge in [0.25, 0.3) is 0 Å². The Balaban J connectivity index is 1.81. The van der Waals surface area contributed by atoms with Crippen molar-refractivity contribution in [1.29, 1.82) is 0 Å². The lowest BCUT2D eigenvalue weighted by Crippen LogP contribution is -2.58. The van der Waals surface area contributed by atoms with Gasteiger partial charge in [-0.1, -0.05) is 32.0 Å². The van der Waals surface area contributed by atoms with Gasteiger partial charge < -0.3 is 20.5 Å². The second-order valence-corrected chi connectivity index (χ2v) is 8.95. The lowest BCUT2D eigenvalue weighted by Gasteiger charge is -2.38. The summed E-state index contributed by atoms with van der Waals surface area (Å²) in [6, 6.07) is 9.77. The first-order valence-corrected chi connectivity index (χ1v) is 12.1. The first kappa shape index (κ1) is 24.2. The van der Waals surface area contributed by atoms with E-state index >= 15 is 0 Å². The molecule has 2 aromatic rings. The van der Waals surface area contributed by atoms with Gasteiger partial charge in [-0.25, -0.2) is 4.79 Å². The molecule has 32 heavy (non-hydrogen) atoms. The van der Waals surface area contributed by atoms with Crippen molar-refractivity contribution in [2.45, 2.75) is 70.9 Å². The molecule has 0 radical (unpaired) electrons. The van der Waals surface area contributed by atoms with Crippen LogP contribution in [-0.2, 0) is 20.9 Å². The van der Waals surface area contributed by atoms with Gasteiger partial charge in [0, 0.05) is 25.1 Å². The summed E-state index contributed by atoms with van der Waals surface area (Å²) in [7, 11) is 0. The van der Waals surface area contributed by atoms with Crippen LogP contribution in [0, 0.1) is 0 Å². The molecule has 1 aliphatic rings. The zero-order valence-corrected chi connectivity index (χ0v) is 19.7. The number of rotatable bonds is 10. The van der Waals surface area contributed by atoms with E-state index in [2.05, 4.69) is 39.6 Å². The molecule has 0 saturated carbocycles. The lowest BCUT2D eigenvalue weighted by molar-refractivity contribution is -0.133. The van der Waals surface area contributed by atoms with Gasteiger partial charge in [-0.05, 0) is 64.9 Å². The number of nitrogens with one attached hydrogen (secondary N) is 2. The second-order valence-electron chi connectivity index (χ2n) is 8.17. The number of hydrogen-bond acceptors (Lipinski definition) is 5. The summed E-state index contributed by atoms with van der Waals surface area (Å²) in [6.07, 6.45) is 3.12. The normalized spacial score (nSPS) is 20.8. The fraction of sp³-hybridized carbons (Fsp3) is 0.440. The van der Waals surface area contributed by atoms with Crippen LogP contribution in [0.5, 0.6) is 0 Å². The number of amides is 1. The topological polar surface area (TPSA) is 87.7 Å². The van der Waals surface area contributed by atoms with Gasteiger partial charge in [-0.2, -0.15) is 11.3 Å². The van der Waals surface area contributed by atoms with Gasteiger partial charge in [0.1, 0.15) is 0 Å². The van der Waals surface area contributed by atoms with Crippen molar-refractivity contribution in [2.75, 3.05) is 0 Å². The molecule has 0 spiro atoms. The summed E-state index contributed by atoms with van der Waals surface area (Å²) in [6.45, 7) is 6.13. The number of carboxylic acid groups (broad SMARTS) is 1. The highest BCUT2D eigenvalue weighted by Crippen LogP contribution is 2.26. The highest BCUT2D eigenvalue weighted by molar-refractivity contribution is 7.08. The quantitative estimate of drug-likeness (QED) is 0.494. The molecule has 3 atom stereocenters. The van der Waals surface area contributed by atoms with Crippen molar-refractivity contribution in [1.82, 2.24) is 10.6 Å². The maximum atomic E-state index is 12.0. The molecule has 0 aliphatic heterocycles. The fourth-order valence-electron chi connectivity index (χ4n) is 4.10. The van der Waals surface area contributed by atoms with Crippen LogP contribution in [0.25, 0.3) is 11.1 Å². The number of benzene rings is 1. The third-order valence-electron chi connectivity index (χ3n) is 5.85. The third-order valence-corrected chi connectivity index (χ3v) is 6.53. The van der Waals surface area contributed by atoms with Gasteiger partial charge in [0.05, 0.1) is 18.2 Å². The van der Waals surface area contributed by atoms with E-state index < -0.39 is 12.1 Å². The molecule has 0 bridgehead atoms. The Morgan fingerprint density at radius 3 is 2.62 bits per heavy atom. The van der Waals surface area contributed by atoms with Crippen molar-refractivity contribution in [3.8, 4) is 11.1 Å². The van der Waals surface area contributed by atoms with Gasteiger partial charge in [-0.15, -0.1) is 0 Å². The number of aliphatic carboxylic acids is 1. The minimum absolute atomic E-state index is 0.00333. The maximum absolute atomic E-state index is 12.0. The average molecular weight is 457 g/mol. The molecule has 0 fully saturated rings. The molecule has 1 heterocycles. The number of thiophene rings is 1. The number of ether oxygens (including phenoxy) is 1. The standard InChI is InChI=1S/C25H32N2O4S/c1-4-21(5-2)31-23-13-20(25(29)30)12-22(24(23)27-16(3)28)26-14-17-7-6-8-18(11-17)19-9-10-32-15-19/h6-11,13,15,21-24,26H,4-5,12,14H2,1-3H3,(H,27,28)(H,29,30)/t22-,23+,24+/m0/s1. The summed E-state index contributed by atoms with van der Waals surface area (Å²) in [4.78, 5) is 23.8. The first-order valence-electron chi connectivity index (χ1n) is 11.1. The second kappa shape index (κ2) is 11.4. The van der Waals surface area contributed by atoms with E-state index in [4.69, 9.17) is 4.74 Å². The molecule has 3 rings (SSSR count). The Morgan fingerprint density at radius 2 is 2.00 bits per heavy atom. The molecular weight excluding hydrogens is 424 g/mol. The van der Waals surface area contributed by atoms with Gasteiger partial charge in [-0.3, -0.25) is 4.79 Å². The van der Waals surface area contributed by atoms with Gasteiger partial charge in [0.2, 0.25) is 5.91 Å². The molecule has 7 heteroatoms. The van der Waals surface area contributed by atoms with Crippen molar-refractivity contribution in [2.24, 2.45) is 0 Å². The molecule has 0 unspecified atom stereocenters. The Hall–Kier alpha value is -2.48. The summed E-state index contributed by atoms with van der Waals surface area (Å²) >= 11 is 1.66. The van der Waals surface area contributed by atoms with Crippen molar-refractivity contribution < 1.29 is 19.4 Å². The summed E-state index contributed by atoms with van der Waals surface area (Å²) < 4.78 is 6.24. The van der Waals surface area contributed by atoms with E-state index in [-0.39, 0.29) is 24.1 Å². The predicted molar refractivity (Wildman–Crippen MR) is 128 cm³/mol. The molecule has 172 valence electrons. The Morgan fingerprint density at radius 1 is 1.22 bits per heavy atom. The molecule has 1 aromatic carbocycles. The number of carbonyl (C=O) groups is 2. The molecule has 6 nitrogen and oxygen atoms in total. The molecular formula is C25H32N2O4S. The zero-order valence-electron chi connectivity index (χ0n) is 18.8.